The van der Waals surface area contributed by atoms with Crippen LogP contribution in [-0.2, 0) is 14.3 Å². The van der Waals surface area contributed by atoms with Crippen LogP contribution in [0.1, 0.15) is 33.8 Å². The van der Waals surface area contributed by atoms with E-state index < -0.39 is 5.97 Å². The number of anilines is 2. The zero-order valence-electron chi connectivity index (χ0n) is 21.4. The van der Waals surface area contributed by atoms with Gasteiger partial charge in [0.05, 0.1) is 30.1 Å². The van der Waals surface area contributed by atoms with Crippen molar-refractivity contribution in [1.82, 2.24) is 14.9 Å². The molecule has 3 heterocycles. The number of thiocarbonyl (C=S) groups is 1. The zero-order valence-corrected chi connectivity index (χ0v) is 22.2. The number of esters is 1. The Morgan fingerprint density at radius 3 is 2.49 bits per heavy atom. The monoisotopic (exact) mass is 541 g/mol. The highest BCUT2D eigenvalue weighted by Gasteiger charge is 2.42. The Bertz CT molecular complexity index is 1490. The number of benzene rings is 2. The highest BCUT2D eigenvalue weighted by molar-refractivity contribution is 7.80. The number of methoxy groups -OCH3 is 2. The van der Waals surface area contributed by atoms with E-state index >= 15 is 0 Å². The van der Waals surface area contributed by atoms with Crippen molar-refractivity contribution in [3.05, 3.63) is 108 Å². The number of hydrogen-bond acceptors (Lipinski definition) is 6. The summed E-state index contributed by atoms with van der Waals surface area (Å²) in [5.74, 6) is -0.659. The van der Waals surface area contributed by atoms with E-state index in [4.69, 9.17) is 21.7 Å². The van der Waals surface area contributed by atoms with Crippen LogP contribution < -0.4 is 15.5 Å². The molecule has 4 aromatic rings. The lowest BCUT2D eigenvalue weighted by molar-refractivity contribution is -0.119. The molecule has 2 atom stereocenters. The molecule has 2 aromatic carbocycles. The molecule has 1 saturated heterocycles. The molecule has 9 nitrogen and oxygen atoms in total. The molecule has 1 aliphatic heterocycles. The van der Waals surface area contributed by atoms with Crippen LogP contribution in [0.4, 0.5) is 11.4 Å². The van der Waals surface area contributed by atoms with Crippen LogP contribution in [-0.4, -0.2) is 47.4 Å². The molecular weight excluding hydrogens is 514 g/mol. The molecular formula is C29H27N5O4S. The third-order valence-electron chi connectivity index (χ3n) is 6.45. The van der Waals surface area contributed by atoms with Crippen LogP contribution in [0, 0.1) is 0 Å². The first-order valence-corrected chi connectivity index (χ1v) is 12.7. The Hall–Kier alpha value is -4.54. The van der Waals surface area contributed by atoms with E-state index in [1.807, 2.05) is 82.4 Å². The molecule has 0 aliphatic carbocycles. The molecule has 1 fully saturated rings. The number of para-hydroxylation sites is 1. The predicted octanol–water partition coefficient (Wildman–Crippen LogP) is 4.42. The topological polar surface area (TPSA) is 97.7 Å². The quantitative estimate of drug-likeness (QED) is 0.250. The van der Waals surface area contributed by atoms with Crippen molar-refractivity contribution >= 4 is 40.6 Å². The van der Waals surface area contributed by atoms with Gasteiger partial charge in [0.15, 0.2) is 5.11 Å². The fourth-order valence-corrected chi connectivity index (χ4v) is 5.13. The number of aromatic nitrogens is 2. The second kappa shape index (κ2) is 11.5. The van der Waals surface area contributed by atoms with E-state index in [0.717, 1.165) is 17.1 Å². The maximum absolute atomic E-state index is 12.6. The minimum atomic E-state index is -0.422. The fraction of sp³-hybridized carbons (Fsp3) is 0.172. The third kappa shape index (κ3) is 5.25. The number of carbonyl (C=O) groups excluding carboxylic acids is 2. The number of nitrogens with one attached hydrogen (secondary N) is 2. The molecule has 2 N–H and O–H groups in total. The minimum Gasteiger partial charge on any atom is -0.465 e. The van der Waals surface area contributed by atoms with Gasteiger partial charge in [0.25, 0.3) is 0 Å². The maximum Gasteiger partial charge on any atom is 0.339 e. The number of carbonyl (C=O) groups is 2. The first-order valence-electron chi connectivity index (χ1n) is 12.3. The lowest BCUT2D eigenvalue weighted by Gasteiger charge is -2.29. The van der Waals surface area contributed by atoms with Crippen LogP contribution in [0.5, 0.6) is 0 Å². The number of hydrogen-bond donors (Lipinski definition) is 2. The average molecular weight is 542 g/mol. The number of amides is 1. The van der Waals surface area contributed by atoms with Gasteiger partial charge in [0.1, 0.15) is 12.6 Å². The first kappa shape index (κ1) is 26.1. The summed E-state index contributed by atoms with van der Waals surface area (Å²) in [5.41, 5.74) is 4.33. The normalized spacial score (nSPS) is 16.6. The van der Waals surface area contributed by atoms with Crippen LogP contribution in [0.15, 0.2) is 91.3 Å². The third-order valence-corrected chi connectivity index (χ3v) is 6.77. The molecule has 1 aliphatic rings. The van der Waals surface area contributed by atoms with Crippen LogP contribution in [0.3, 0.4) is 0 Å². The van der Waals surface area contributed by atoms with Crippen molar-refractivity contribution in [1.29, 1.82) is 0 Å². The molecule has 0 bridgehead atoms. The van der Waals surface area contributed by atoms with E-state index in [-0.39, 0.29) is 24.6 Å². The fourth-order valence-electron chi connectivity index (χ4n) is 4.79. The van der Waals surface area contributed by atoms with E-state index in [1.165, 1.54) is 14.2 Å². The molecule has 5 rings (SSSR count). The van der Waals surface area contributed by atoms with Gasteiger partial charge in [-0.1, -0.05) is 18.2 Å². The van der Waals surface area contributed by atoms with E-state index in [9.17, 15) is 9.59 Å². The summed E-state index contributed by atoms with van der Waals surface area (Å²) < 4.78 is 11.9. The molecule has 0 spiro atoms. The number of rotatable bonds is 8. The molecule has 39 heavy (non-hydrogen) atoms. The van der Waals surface area contributed by atoms with Gasteiger partial charge in [0.2, 0.25) is 5.91 Å². The second-order valence-electron chi connectivity index (χ2n) is 8.84. The lowest BCUT2D eigenvalue weighted by atomic mass is 10.0. The summed E-state index contributed by atoms with van der Waals surface area (Å²) in [7, 11) is 2.84. The number of nitrogens with zero attached hydrogens (tertiary/aromatic N) is 3. The molecule has 0 radical (unpaired) electrons. The number of pyridine rings is 1. The van der Waals surface area contributed by atoms with Crippen LogP contribution in [0.25, 0.3) is 5.69 Å². The minimum absolute atomic E-state index is 0.0280. The van der Waals surface area contributed by atoms with Crippen LogP contribution in [0.2, 0.25) is 0 Å². The maximum atomic E-state index is 12.6. The van der Waals surface area contributed by atoms with Gasteiger partial charge in [-0.05, 0) is 72.9 Å². The molecule has 1 amide bonds. The van der Waals surface area contributed by atoms with Gasteiger partial charge in [-0.15, -0.1) is 0 Å². The average Bonchev–Trinajstić information content (AvgIpc) is 3.58. The zero-order chi connectivity index (χ0) is 27.4. The van der Waals surface area contributed by atoms with Gasteiger partial charge in [-0.25, -0.2) is 4.79 Å². The molecule has 2 aromatic heterocycles. The summed E-state index contributed by atoms with van der Waals surface area (Å²) in [6.45, 7) is -0.0280. The van der Waals surface area contributed by atoms with E-state index in [1.54, 1.807) is 18.3 Å². The van der Waals surface area contributed by atoms with Crippen molar-refractivity contribution in [2.24, 2.45) is 0 Å². The standard InChI is InChI=1S/C29H27N5O4S/c1-37-18-25(35)31-19-12-14-20(15-13-19)34-27(26(32-29(34)39)22-9-5-6-16-30-22)24-11-7-17-33(24)23-10-4-3-8-21(23)28(36)38-2/h3-17,26-27H,18H2,1-2H3,(H,31,35)(H,32,39)/t26-,27+/m1/s1. The Labute approximate surface area is 231 Å². The molecule has 0 saturated carbocycles. The lowest BCUT2D eigenvalue weighted by Crippen LogP contribution is -2.30. The Morgan fingerprint density at radius 2 is 1.77 bits per heavy atom. The van der Waals surface area contributed by atoms with Crippen molar-refractivity contribution in [3.63, 3.8) is 0 Å². The summed E-state index contributed by atoms with van der Waals surface area (Å²) in [4.78, 5) is 31.2. The molecule has 198 valence electrons. The summed E-state index contributed by atoms with van der Waals surface area (Å²) >= 11 is 5.85. The first-order chi connectivity index (χ1) is 19.0. The Morgan fingerprint density at radius 1 is 1.00 bits per heavy atom. The van der Waals surface area contributed by atoms with Gasteiger partial charge < -0.3 is 29.6 Å². The van der Waals surface area contributed by atoms with Gasteiger partial charge >= 0.3 is 5.97 Å². The summed E-state index contributed by atoms with van der Waals surface area (Å²) in [6.07, 6.45) is 3.67. The Balaban J connectivity index is 1.59. The highest BCUT2D eigenvalue weighted by Crippen LogP contribution is 2.42. The SMILES string of the molecule is COCC(=O)Nc1ccc(N2C(=S)N[C@H](c3ccccn3)[C@@H]2c2cccn2-c2ccccc2C(=O)OC)cc1. The molecule has 0 unspecified atom stereocenters. The second-order valence-corrected chi connectivity index (χ2v) is 9.22. The summed E-state index contributed by atoms with van der Waals surface area (Å²) in [6, 6.07) is 23.9. The van der Waals surface area contributed by atoms with Gasteiger partial charge in [0, 0.05) is 36.6 Å². The predicted molar refractivity (Wildman–Crippen MR) is 152 cm³/mol. The highest BCUT2D eigenvalue weighted by atomic mass is 32.1. The van der Waals surface area contributed by atoms with Crippen molar-refractivity contribution in [3.8, 4) is 5.69 Å². The van der Waals surface area contributed by atoms with Crippen molar-refractivity contribution < 1.29 is 19.1 Å². The van der Waals surface area contributed by atoms with Crippen molar-refractivity contribution in [2.45, 2.75) is 12.1 Å². The molecule has 10 heteroatoms. The van der Waals surface area contributed by atoms with E-state index in [2.05, 4.69) is 15.6 Å². The van der Waals surface area contributed by atoms with Gasteiger partial charge in [-0.2, -0.15) is 0 Å². The van der Waals surface area contributed by atoms with E-state index in [0.29, 0.717) is 22.1 Å². The van der Waals surface area contributed by atoms with Crippen LogP contribution >= 0.6 is 12.2 Å². The van der Waals surface area contributed by atoms with Gasteiger partial charge in [-0.3, -0.25) is 9.78 Å². The Kier molecular flexibility index (Phi) is 7.67. The number of ether oxygens (including phenoxy) is 2. The largest absolute Gasteiger partial charge is 0.465 e. The van der Waals surface area contributed by atoms with Crippen molar-refractivity contribution in [2.75, 3.05) is 31.0 Å². The summed E-state index contributed by atoms with van der Waals surface area (Å²) in [5, 5.41) is 6.79. The smallest absolute Gasteiger partial charge is 0.339 e.